The lowest BCUT2D eigenvalue weighted by molar-refractivity contribution is -0.135. The van der Waals surface area contributed by atoms with Gasteiger partial charge in [0.15, 0.2) is 5.76 Å². The number of furan rings is 1. The van der Waals surface area contributed by atoms with Crippen molar-refractivity contribution in [3.05, 3.63) is 60.3 Å². The summed E-state index contributed by atoms with van der Waals surface area (Å²) >= 11 is 0. The number of aliphatic hydroxyl groups excluding tert-OH is 1. The maximum Gasteiger partial charge on any atom is 0.371 e. The Kier molecular flexibility index (Phi) is 4.13. The van der Waals surface area contributed by atoms with Crippen LogP contribution in [0.5, 0.6) is 0 Å². The van der Waals surface area contributed by atoms with Crippen molar-refractivity contribution in [1.82, 2.24) is 0 Å². The average molecular weight is 322 g/mol. The Bertz CT molecular complexity index is 844. The molecule has 0 aliphatic heterocycles. The van der Waals surface area contributed by atoms with Crippen molar-refractivity contribution in [3.63, 3.8) is 0 Å². The van der Waals surface area contributed by atoms with Crippen molar-refractivity contribution in [2.45, 2.75) is 9.79 Å². The normalized spacial score (nSPS) is 12.1. The van der Waals surface area contributed by atoms with Crippen LogP contribution in [0.4, 0.5) is 0 Å². The molecule has 0 aliphatic rings. The van der Waals surface area contributed by atoms with Crippen molar-refractivity contribution in [1.29, 1.82) is 0 Å². The molecule has 0 aliphatic carbocycles. The number of carboxylic acids is 1. The van der Waals surface area contributed by atoms with Gasteiger partial charge in [0.25, 0.3) is 0 Å². The van der Waals surface area contributed by atoms with Crippen LogP contribution in [0.1, 0.15) is 10.6 Å². The quantitative estimate of drug-likeness (QED) is 0.489. The Morgan fingerprint density at radius 2 is 1.68 bits per heavy atom. The first-order valence-electron chi connectivity index (χ1n) is 5.89. The summed E-state index contributed by atoms with van der Waals surface area (Å²) in [4.78, 5) is 21.8. The molecule has 1 aromatic heterocycles. The van der Waals surface area contributed by atoms with Crippen LogP contribution in [0.3, 0.4) is 0 Å². The number of hydrogen-bond acceptors (Lipinski definition) is 6. The third-order valence-corrected chi connectivity index (χ3v) is 4.40. The molecular formula is C14H10O7S. The van der Waals surface area contributed by atoms with Crippen molar-refractivity contribution in [2.24, 2.45) is 0 Å². The Labute approximate surface area is 125 Å². The van der Waals surface area contributed by atoms with Crippen LogP contribution in [0.15, 0.2) is 68.7 Å². The number of benzene rings is 1. The molecule has 1 aromatic carbocycles. The maximum absolute atomic E-state index is 12.3. The molecule has 114 valence electrons. The maximum atomic E-state index is 12.3. The summed E-state index contributed by atoms with van der Waals surface area (Å²) < 4.78 is 29.4. The fourth-order valence-electron chi connectivity index (χ4n) is 1.58. The number of hydrogen-bond donors (Lipinski definition) is 2. The predicted molar refractivity (Wildman–Crippen MR) is 73.3 cm³/mol. The number of carbonyl (C=O) groups is 2. The molecule has 0 saturated heterocycles. The zero-order chi connectivity index (χ0) is 16.3. The number of aliphatic hydroxyl groups is 1. The highest BCUT2D eigenvalue weighted by Crippen LogP contribution is 2.23. The summed E-state index contributed by atoms with van der Waals surface area (Å²) in [5.74, 6) is -4.22. The second-order valence-corrected chi connectivity index (χ2v) is 6.11. The SMILES string of the molecule is O=C(O)/C(O)=C/C(=O)c1cc(S(=O)(=O)c2ccccc2)co1. The molecule has 7 nitrogen and oxygen atoms in total. The lowest BCUT2D eigenvalue weighted by atomic mass is 10.2. The summed E-state index contributed by atoms with van der Waals surface area (Å²) in [5, 5.41) is 17.4. The minimum Gasteiger partial charge on any atom is -0.502 e. The number of rotatable bonds is 5. The van der Waals surface area contributed by atoms with E-state index in [-0.39, 0.29) is 9.79 Å². The van der Waals surface area contributed by atoms with Crippen molar-refractivity contribution >= 4 is 21.6 Å². The van der Waals surface area contributed by atoms with Gasteiger partial charge in [-0.2, -0.15) is 0 Å². The molecule has 8 heteroatoms. The molecule has 0 radical (unpaired) electrons. The smallest absolute Gasteiger partial charge is 0.371 e. The predicted octanol–water partition coefficient (Wildman–Crippen LogP) is 1.82. The summed E-state index contributed by atoms with van der Waals surface area (Å²) in [5.41, 5.74) is 0. The number of aliphatic carboxylic acids is 1. The van der Waals surface area contributed by atoms with Gasteiger partial charge in [-0.1, -0.05) is 18.2 Å². The Morgan fingerprint density at radius 1 is 1.05 bits per heavy atom. The van der Waals surface area contributed by atoms with Gasteiger partial charge < -0.3 is 14.6 Å². The van der Waals surface area contributed by atoms with E-state index >= 15 is 0 Å². The molecule has 0 spiro atoms. The molecule has 0 amide bonds. The van der Waals surface area contributed by atoms with Crippen LogP contribution in [-0.2, 0) is 14.6 Å². The summed E-state index contributed by atoms with van der Waals surface area (Å²) in [7, 11) is -3.84. The number of ketones is 1. The van der Waals surface area contributed by atoms with Gasteiger partial charge in [-0.3, -0.25) is 4.79 Å². The highest BCUT2D eigenvalue weighted by Gasteiger charge is 2.22. The van der Waals surface area contributed by atoms with Crippen molar-refractivity contribution in [2.75, 3.05) is 0 Å². The molecule has 0 saturated carbocycles. The van der Waals surface area contributed by atoms with Gasteiger partial charge in [0, 0.05) is 12.1 Å². The minimum atomic E-state index is -3.84. The van der Waals surface area contributed by atoms with Crippen LogP contribution < -0.4 is 0 Å². The summed E-state index contributed by atoms with van der Waals surface area (Å²) in [6.45, 7) is 0. The van der Waals surface area contributed by atoms with Crippen LogP contribution in [-0.4, -0.2) is 30.4 Å². The number of allylic oxidation sites excluding steroid dienone is 1. The number of carboxylic acid groups (broad SMARTS) is 1. The average Bonchev–Trinajstić information content (AvgIpc) is 2.98. The van der Waals surface area contributed by atoms with Crippen LogP contribution >= 0.6 is 0 Å². The third kappa shape index (κ3) is 3.07. The number of carbonyl (C=O) groups excluding carboxylic acids is 1. The van der Waals surface area contributed by atoms with Crippen molar-refractivity contribution in [3.8, 4) is 0 Å². The van der Waals surface area contributed by atoms with Crippen molar-refractivity contribution < 1.29 is 32.6 Å². The number of sulfone groups is 1. The Hall–Kier alpha value is -2.87. The minimum absolute atomic E-state index is 0.0266. The highest BCUT2D eigenvalue weighted by atomic mass is 32.2. The van der Waals surface area contributed by atoms with E-state index in [9.17, 15) is 18.0 Å². The highest BCUT2D eigenvalue weighted by molar-refractivity contribution is 7.91. The van der Waals surface area contributed by atoms with Gasteiger partial charge in [0.05, 0.1) is 4.90 Å². The molecular weight excluding hydrogens is 312 g/mol. The first kappa shape index (κ1) is 15.5. The monoisotopic (exact) mass is 322 g/mol. The zero-order valence-electron chi connectivity index (χ0n) is 11.0. The van der Waals surface area contributed by atoms with Crippen LogP contribution in [0, 0.1) is 0 Å². The lowest BCUT2D eigenvalue weighted by Gasteiger charge is -1.99. The first-order valence-corrected chi connectivity index (χ1v) is 7.37. The molecule has 0 bridgehead atoms. The molecule has 0 atom stereocenters. The van der Waals surface area contributed by atoms with E-state index in [0.717, 1.165) is 12.3 Å². The standard InChI is InChI=1S/C14H10O7S/c15-11(7-12(16)14(17)18)13-6-10(8-21-13)22(19,20)9-4-2-1-3-5-9/h1-8,16H,(H,17,18)/b12-7-. The fraction of sp³-hybridized carbons (Fsp3) is 0. The Balaban J connectivity index is 2.35. The van der Waals surface area contributed by atoms with E-state index in [1.165, 1.54) is 12.1 Å². The molecule has 2 N–H and O–H groups in total. The van der Waals surface area contributed by atoms with E-state index in [4.69, 9.17) is 14.6 Å². The van der Waals surface area contributed by atoms with Crippen LogP contribution in [0.25, 0.3) is 0 Å². The van der Waals surface area contributed by atoms with Gasteiger partial charge in [-0.15, -0.1) is 0 Å². The van der Waals surface area contributed by atoms with Gasteiger partial charge in [-0.25, -0.2) is 13.2 Å². The van der Waals surface area contributed by atoms with E-state index in [0.29, 0.717) is 6.08 Å². The van der Waals surface area contributed by atoms with E-state index in [1.54, 1.807) is 18.2 Å². The first-order chi connectivity index (χ1) is 10.3. The van der Waals surface area contributed by atoms with Crippen LogP contribution in [0.2, 0.25) is 0 Å². The Morgan fingerprint density at radius 3 is 2.27 bits per heavy atom. The van der Waals surface area contributed by atoms with E-state index < -0.39 is 33.1 Å². The van der Waals surface area contributed by atoms with Gasteiger partial charge in [-0.05, 0) is 12.1 Å². The largest absolute Gasteiger partial charge is 0.502 e. The molecule has 2 aromatic rings. The fourth-order valence-corrected chi connectivity index (χ4v) is 2.81. The van der Waals surface area contributed by atoms with Gasteiger partial charge in [0.1, 0.15) is 11.2 Å². The molecule has 2 rings (SSSR count). The third-order valence-electron chi connectivity index (χ3n) is 2.67. The topological polar surface area (TPSA) is 122 Å². The molecule has 0 fully saturated rings. The summed E-state index contributed by atoms with van der Waals surface area (Å²) in [6.07, 6.45) is 1.31. The van der Waals surface area contributed by atoms with E-state index in [1.807, 2.05) is 0 Å². The van der Waals surface area contributed by atoms with Gasteiger partial charge in [0.2, 0.25) is 21.4 Å². The van der Waals surface area contributed by atoms with E-state index in [2.05, 4.69) is 0 Å². The zero-order valence-corrected chi connectivity index (χ0v) is 11.8. The molecule has 22 heavy (non-hydrogen) atoms. The second kappa shape index (κ2) is 5.86. The summed E-state index contributed by atoms with van der Waals surface area (Å²) in [6, 6.07) is 8.50. The second-order valence-electron chi connectivity index (χ2n) is 4.16. The lowest BCUT2D eigenvalue weighted by Crippen LogP contribution is -2.03. The molecule has 0 unspecified atom stereocenters. The molecule has 1 heterocycles. The van der Waals surface area contributed by atoms with Gasteiger partial charge >= 0.3 is 5.97 Å².